The molecule has 2 N–H and O–H groups in total. The van der Waals surface area contributed by atoms with Gasteiger partial charge in [-0.05, 0) is 42.8 Å². The Kier molecular flexibility index (Phi) is 8.20. The Morgan fingerprint density at radius 3 is 2.29 bits per heavy atom. The number of methoxy groups -OCH3 is 2. The lowest BCUT2D eigenvalue weighted by Crippen LogP contribution is -2.57. The predicted molar refractivity (Wildman–Crippen MR) is 132 cm³/mol. The minimum Gasteiger partial charge on any atom is -0.497 e. The molecule has 1 amide bonds. The van der Waals surface area contributed by atoms with Crippen molar-refractivity contribution in [2.24, 2.45) is 0 Å². The first-order chi connectivity index (χ1) is 17.7. The van der Waals surface area contributed by atoms with Gasteiger partial charge in [-0.25, -0.2) is 12.8 Å². The number of sulfonamides is 1. The van der Waals surface area contributed by atoms with E-state index in [1.165, 1.54) is 57.7 Å². The van der Waals surface area contributed by atoms with Crippen molar-refractivity contribution in [1.29, 1.82) is 0 Å². The monoisotopic (exact) mass is 555 g/mol. The van der Waals surface area contributed by atoms with Crippen molar-refractivity contribution >= 4 is 21.6 Å². The number of ether oxygens (including phenoxy) is 2. The van der Waals surface area contributed by atoms with Gasteiger partial charge in [-0.2, -0.15) is 13.2 Å². The minimum atomic E-state index is -5.10. The van der Waals surface area contributed by atoms with Crippen LogP contribution in [0.15, 0.2) is 60.9 Å². The number of aromatic nitrogens is 1. The summed E-state index contributed by atoms with van der Waals surface area (Å²) in [4.78, 5) is 17.2. The van der Waals surface area contributed by atoms with E-state index in [4.69, 9.17) is 9.47 Å². The summed E-state index contributed by atoms with van der Waals surface area (Å²) in [7, 11) is -1.26. The SMILES string of the molecule is COc1ccc(C(NC(=O)C(C)c2ccc(NS(C)(=O)=O)c(F)c2)(c2cccnc2)C(F)(F)F)c(OC)c1. The highest BCUT2D eigenvalue weighted by atomic mass is 32.2. The van der Waals surface area contributed by atoms with Crippen LogP contribution in [-0.4, -0.2) is 46.0 Å². The molecule has 0 radical (unpaired) electrons. The van der Waals surface area contributed by atoms with Crippen LogP contribution >= 0.6 is 0 Å². The molecule has 2 atom stereocenters. The Morgan fingerprint density at radius 2 is 1.76 bits per heavy atom. The van der Waals surface area contributed by atoms with Crippen molar-refractivity contribution in [1.82, 2.24) is 10.3 Å². The van der Waals surface area contributed by atoms with E-state index in [0.29, 0.717) is 0 Å². The smallest absolute Gasteiger partial charge is 0.420 e. The second kappa shape index (κ2) is 10.9. The first-order valence-corrected chi connectivity index (χ1v) is 12.9. The standard InChI is InChI=1S/C25H25F4N3O5S/c1-15(16-7-10-21(20(26)12-16)32-38(4,34)35)23(33)31-24(25(27,28)29,17-6-5-11-30-14-17)19-9-8-18(36-2)13-22(19)37-3/h5-15,32H,1-4H3,(H,31,33). The number of pyridine rings is 1. The fourth-order valence-corrected chi connectivity index (χ4v) is 4.47. The Balaban J connectivity index is 2.14. The molecule has 0 fully saturated rings. The normalized spacial score (nSPS) is 14.2. The average molecular weight is 556 g/mol. The number of halogens is 4. The topological polar surface area (TPSA) is 107 Å². The number of nitrogens with one attached hydrogen (secondary N) is 2. The lowest BCUT2D eigenvalue weighted by Gasteiger charge is -2.38. The van der Waals surface area contributed by atoms with E-state index in [-0.39, 0.29) is 22.7 Å². The Hall–Kier alpha value is -3.87. The third-order valence-electron chi connectivity index (χ3n) is 5.82. The molecule has 0 aliphatic rings. The number of hydrogen-bond acceptors (Lipinski definition) is 6. The molecule has 0 spiro atoms. The van der Waals surface area contributed by atoms with Crippen LogP contribution in [0.25, 0.3) is 0 Å². The molecule has 3 rings (SSSR count). The first-order valence-electron chi connectivity index (χ1n) is 11.0. The van der Waals surface area contributed by atoms with E-state index in [2.05, 4.69) is 10.3 Å². The zero-order valence-electron chi connectivity index (χ0n) is 20.8. The molecule has 0 aliphatic carbocycles. The summed E-state index contributed by atoms with van der Waals surface area (Å²) in [6.45, 7) is 1.30. The number of hydrogen-bond donors (Lipinski definition) is 2. The van der Waals surface area contributed by atoms with Gasteiger partial charge >= 0.3 is 6.18 Å². The quantitative estimate of drug-likeness (QED) is 0.381. The minimum absolute atomic E-state index is 0.0167. The fourth-order valence-electron chi connectivity index (χ4n) is 3.90. The number of rotatable bonds is 9. The molecule has 0 bridgehead atoms. The Bertz CT molecular complexity index is 1420. The van der Waals surface area contributed by atoms with E-state index in [9.17, 15) is 17.6 Å². The van der Waals surface area contributed by atoms with Gasteiger partial charge in [0.25, 0.3) is 0 Å². The van der Waals surface area contributed by atoms with Crippen molar-refractivity contribution in [3.8, 4) is 11.5 Å². The number of benzene rings is 2. The molecule has 13 heteroatoms. The van der Waals surface area contributed by atoms with Crippen molar-refractivity contribution in [2.75, 3.05) is 25.2 Å². The zero-order valence-corrected chi connectivity index (χ0v) is 21.6. The maximum atomic E-state index is 15.1. The van der Waals surface area contributed by atoms with E-state index in [1.807, 2.05) is 4.72 Å². The van der Waals surface area contributed by atoms with E-state index >= 15 is 13.2 Å². The molecule has 8 nitrogen and oxygen atoms in total. The Labute approximate surface area is 217 Å². The molecule has 1 aromatic heterocycles. The summed E-state index contributed by atoms with van der Waals surface area (Å²) in [6, 6.07) is 9.36. The summed E-state index contributed by atoms with van der Waals surface area (Å²) in [5.74, 6) is -3.35. The molecule has 0 saturated carbocycles. The molecule has 2 unspecified atom stereocenters. The maximum absolute atomic E-state index is 15.1. The third-order valence-corrected chi connectivity index (χ3v) is 6.42. The van der Waals surface area contributed by atoms with Gasteiger partial charge in [0.05, 0.1) is 32.1 Å². The van der Waals surface area contributed by atoms with Crippen LogP contribution in [-0.2, 0) is 20.4 Å². The first kappa shape index (κ1) is 28.7. The van der Waals surface area contributed by atoms with Crippen molar-refractivity contribution in [3.05, 3.63) is 83.4 Å². The highest BCUT2D eigenvalue weighted by Gasteiger charge is 2.60. The van der Waals surface area contributed by atoms with Gasteiger partial charge < -0.3 is 14.8 Å². The van der Waals surface area contributed by atoms with Crippen LogP contribution in [0.4, 0.5) is 23.2 Å². The Morgan fingerprint density at radius 1 is 1.05 bits per heavy atom. The van der Waals surface area contributed by atoms with Crippen molar-refractivity contribution in [3.63, 3.8) is 0 Å². The van der Waals surface area contributed by atoms with E-state index in [1.54, 1.807) is 0 Å². The molecular weight excluding hydrogens is 530 g/mol. The molecule has 2 aromatic carbocycles. The number of amides is 1. The van der Waals surface area contributed by atoms with E-state index in [0.717, 1.165) is 30.7 Å². The number of anilines is 1. The van der Waals surface area contributed by atoms with Gasteiger partial charge in [-0.15, -0.1) is 0 Å². The summed E-state index contributed by atoms with van der Waals surface area (Å²) < 4.78 is 95.0. The lowest BCUT2D eigenvalue weighted by atomic mass is 9.81. The highest BCUT2D eigenvalue weighted by molar-refractivity contribution is 7.92. The second-order valence-electron chi connectivity index (χ2n) is 8.38. The van der Waals surface area contributed by atoms with Crippen LogP contribution in [0.5, 0.6) is 11.5 Å². The molecule has 3 aromatic rings. The van der Waals surface area contributed by atoms with Crippen molar-refractivity contribution < 1.29 is 40.2 Å². The molecule has 1 heterocycles. The maximum Gasteiger partial charge on any atom is 0.420 e. The number of nitrogens with zero attached hydrogens (tertiary/aromatic N) is 1. The molecular formula is C25H25F4N3O5S. The summed E-state index contributed by atoms with van der Waals surface area (Å²) in [6.07, 6.45) is -2.00. The number of carbonyl (C=O) groups excluding carboxylic acids is 1. The van der Waals surface area contributed by atoms with Gasteiger partial charge in [-0.1, -0.05) is 12.1 Å². The second-order valence-corrected chi connectivity index (χ2v) is 10.1. The lowest BCUT2D eigenvalue weighted by molar-refractivity contribution is -0.190. The van der Waals surface area contributed by atoms with E-state index < -0.39 is 50.5 Å². The van der Waals surface area contributed by atoms with Crippen molar-refractivity contribution in [2.45, 2.75) is 24.6 Å². The van der Waals surface area contributed by atoms with Gasteiger partial charge in [0.1, 0.15) is 17.3 Å². The van der Waals surface area contributed by atoms with Gasteiger partial charge in [0.15, 0.2) is 5.54 Å². The fraction of sp³-hybridized carbons (Fsp3) is 0.280. The van der Waals surface area contributed by atoms with Crippen LogP contribution in [0.2, 0.25) is 0 Å². The van der Waals surface area contributed by atoms with Crippen LogP contribution in [0, 0.1) is 5.82 Å². The molecule has 38 heavy (non-hydrogen) atoms. The highest BCUT2D eigenvalue weighted by Crippen LogP contribution is 2.48. The molecule has 0 saturated heterocycles. The zero-order chi connectivity index (χ0) is 28.3. The van der Waals surface area contributed by atoms with Gasteiger partial charge in [0.2, 0.25) is 15.9 Å². The van der Waals surface area contributed by atoms with Gasteiger partial charge in [0, 0.05) is 29.6 Å². The summed E-state index contributed by atoms with van der Waals surface area (Å²) in [5.41, 5.74) is -4.29. The van der Waals surface area contributed by atoms with Crippen LogP contribution in [0.1, 0.15) is 29.5 Å². The van der Waals surface area contributed by atoms with Crippen LogP contribution in [0.3, 0.4) is 0 Å². The van der Waals surface area contributed by atoms with Gasteiger partial charge in [-0.3, -0.25) is 14.5 Å². The predicted octanol–water partition coefficient (Wildman–Crippen LogP) is 4.34. The summed E-state index contributed by atoms with van der Waals surface area (Å²) >= 11 is 0. The number of alkyl halides is 3. The molecule has 0 aliphatic heterocycles. The van der Waals surface area contributed by atoms with Crippen LogP contribution < -0.4 is 19.5 Å². The largest absolute Gasteiger partial charge is 0.497 e. The average Bonchev–Trinajstić information content (AvgIpc) is 2.86. The third kappa shape index (κ3) is 5.82. The molecule has 204 valence electrons. The summed E-state index contributed by atoms with van der Waals surface area (Å²) in [5, 5.41) is 2.13. The number of carbonyl (C=O) groups is 1.